The second-order valence-corrected chi connectivity index (χ2v) is 2.54. The molecule has 0 atom stereocenters. The van der Waals surface area contributed by atoms with E-state index in [0.29, 0.717) is 0 Å². The molecule has 0 rings (SSSR count). The Bertz CT molecular complexity index is 92.8. The standard InChI is InChI=1S/C6H14.C3H8N2O.2H2/c1-3-5-6-4-2;1-4-3(6)5-2;;/h3-6H2,1-2H3;1-2H3,(H2,4,5,6);2*1H. The van der Waals surface area contributed by atoms with Crippen molar-refractivity contribution in [1.82, 2.24) is 10.6 Å². The first-order valence-corrected chi connectivity index (χ1v) is 4.62. The van der Waals surface area contributed by atoms with Gasteiger partial charge < -0.3 is 10.6 Å². The lowest BCUT2D eigenvalue weighted by molar-refractivity contribution is 0.245. The van der Waals surface area contributed by atoms with Gasteiger partial charge in [0.15, 0.2) is 0 Å². The minimum absolute atomic E-state index is 0. The van der Waals surface area contributed by atoms with Gasteiger partial charge in [-0.1, -0.05) is 39.5 Å². The lowest BCUT2D eigenvalue weighted by atomic mass is 10.2. The van der Waals surface area contributed by atoms with Crippen LogP contribution in [0.25, 0.3) is 0 Å². The molecule has 0 aromatic carbocycles. The molecule has 0 aromatic rings. The van der Waals surface area contributed by atoms with E-state index in [9.17, 15) is 4.79 Å². The molecule has 2 amide bonds. The van der Waals surface area contributed by atoms with Crippen LogP contribution in [0.15, 0.2) is 0 Å². The van der Waals surface area contributed by atoms with Crippen molar-refractivity contribution in [1.29, 1.82) is 0 Å². The number of carbonyl (C=O) groups excluding carboxylic acids is 1. The molecule has 0 unspecified atom stereocenters. The summed E-state index contributed by atoms with van der Waals surface area (Å²) in [6.07, 6.45) is 5.54. The summed E-state index contributed by atoms with van der Waals surface area (Å²) in [5, 5.41) is 4.73. The topological polar surface area (TPSA) is 41.1 Å². The normalized spacial score (nSPS) is 8.00. The Labute approximate surface area is 78.9 Å². The zero-order chi connectivity index (χ0) is 9.82. The average molecular weight is 178 g/mol. The highest BCUT2D eigenvalue weighted by Gasteiger charge is 1.81. The van der Waals surface area contributed by atoms with Gasteiger partial charge in [0.25, 0.3) is 0 Å². The van der Waals surface area contributed by atoms with Gasteiger partial charge in [0, 0.05) is 16.9 Å². The molecule has 0 saturated carbocycles. The largest absolute Gasteiger partial charge is 0.341 e. The lowest BCUT2D eigenvalue weighted by Crippen LogP contribution is -2.28. The molecular weight excluding hydrogens is 152 g/mol. The third kappa shape index (κ3) is 16.1. The summed E-state index contributed by atoms with van der Waals surface area (Å²) in [5.74, 6) is 0. The summed E-state index contributed by atoms with van der Waals surface area (Å²) in [6, 6.07) is -0.157. The molecule has 0 spiro atoms. The lowest BCUT2D eigenvalue weighted by Gasteiger charge is -1.91. The van der Waals surface area contributed by atoms with Gasteiger partial charge in [-0.05, 0) is 0 Å². The predicted octanol–water partition coefficient (Wildman–Crippen LogP) is 2.62. The SMILES string of the molecule is CCCCCC.CNC(=O)NC.[HH].[HH]. The molecule has 0 aromatic heterocycles. The minimum atomic E-state index is -0.157. The van der Waals surface area contributed by atoms with E-state index in [0.717, 1.165) is 0 Å². The van der Waals surface area contributed by atoms with Crippen LogP contribution in [0, 0.1) is 0 Å². The van der Waals surface area contributed by atoms with E-state index in [1.54, 1.807) is 14.1 Å². The van der Waals surface area contributed by atoms with Crippen LogP contribution in [0.1, 0.15) is 42.4 Å². The van der Waals surface area contributed by atoms with Crippen LogP contribution in [-0.2, 0) is 0 Å². The predicted molar refractivity (Wildman–Crippen MR) is 57.6 cm³/mol. The number of carbonyl (C=O) groups is 1. The van der Waals surface area contributed by atoms with Crippen LogP contribution in [0.2, 0.25) is 0 Å². The summed E-state index contributed by atoms with van der Waals surface area (Å²) < 4.78 is 0. The van der Waals surface area contributed by atoms with E-state index in [1.807, 2.05) is 0 Å². The molecule has 0 aliphatic heterocycles. The fourth-order valence-electron chi connectivity index (χ4n) is 0.625. The first-order valence-electron chi connectivity index (χ1n) is 4.62. The molecule has 0 saturated heterocycles. The molecule has 2 N–H and O–H groups in total. The average Bonchev–Trinajstić information content (AvgIpc) is 2.14. The molecule has 0 fully saturated rings. The fraction of sp³-hybridized carbons (Fsp3) is 0.889. The summed E-state index contributed by atoms with van der Waals surface area (Å²) in [4.78, 5) is 9.96. The first-order chi connectivity index (χ1) is 5.72. The van der Waals surface area contributed by atoms with E-state index < -0.39 is 0 Å². The summed E-state index contributed by atoms with van der Waals surface area (Å²) in [7, 11) is 3.14. The van der Waals surface area contributed by atoms with Crippen LogP contribution in [0.4, 0.5) is 4.79 Å². The van der Waals surface area contributed by atoms with Crippen molar-refractivity contribution in [2.24, 2.45) is 0 Å². The highest BCUT2D eigenvalue weighted by molar-refractivity contribution is 5.72. The second kappa shape index (κ2) is 12.9. The summed E-state index contributed by atoms with van der Waals surface area (Å²) >= 11 is 0. The monoisotopic (exact) mass is 178 g/mol. The van der Waals surface area contributed by atoms with Crippen LogP contribution < -0.4 is 10.6 Å². The zero-order valence-corrected chi connectivity index (χ0v) is 8.74. The summed E-state index contributed by atoms with van der Waals surface area (Å²) in [5.41, 5.74) is 0. The van der Waals surface area contributed by atoms with Gasteiger partial charge in [-0.25, -0.2) is 4.79 Å². The van der Waals surface area contributed by atoms with Crippen molar-refractivity contribution in [2.45, 2.75) is 39.5 Å². The van der Waals surface area contributed by atoms with Gasteiger partial charge in [-0.2, -0.15) is 0 Å². The van der Waals surface area contributed by atoms with Crippen molar-refractivity contribution in [2.75, 3.05) is 14.1 Å². The third-order valence-corrected chi connectivity index (χ3v) is 1.41. The maximum atomic E-state index is 9.96. The number of unbranched alkanes of at least 4 members (excludes halogenated alkanes) is 3. The Balaban J connectivity index is -0.0000000625. The molecule has 78 valence electrons. The van der Waals surface area contributed by atoms with E-state index in [1.165, 1.54) is 25.7 Å². The van der Waals surface area contributed by atoms with Crippen LogP contribution in [0.5, 0.6) is 0 Å². The van der Waals surface area contributed by atoms with Crippen molar-refractivity contribution < 1.29 is 7.65 Å². The van der Waals surface area contributed by atoms with E-state index in [4.69, 9.17) is 0 Å². The van der Waals surface area contributed by atoms with Crippen molar-refractivity contribution >= 4 is 6.03 Å². The molecule has 0 aliphatic rings. The highest BCUT2D eigenvalue weighted by atomic mass is 16.2. The quantitative estimate of drug-likeness (QED) is 0.641. The molecule has 3 heteroatoms. The molecule has 12 heavy (non-hydrogen) atoms. The number of hydrogen-bond acceptors (Lipinski definition) is 1. The molecule has 0 heterocycles. The van der Waals surface area contributed by atoms with Gasteiger partial charge in [0.2, 0.25) is 0 Å². The van der Waals surface area contributed by atoms with Gasteiger partial charge in [-0.15, -0.1) is 0 Å². The Morgan fingerprint density at radius 2 is 1.42 bits per heavy atom. The van der Waals surface area contributed by atoms with E-state index >= 15 is 0 Å². The first kappa shape index (κ1) is 13.8. The maximum absolute atomic E-state index is 9.96. The van der Waals surface area contributed by atoms with Crippen LogP contribution >= 0.6 is 0 Å². The smallest absolute Gasteiger partial charge is 0.314 e. The van der Waals surface area contributed by atoms with E-state index in [-0.39, 0.29) is 8.88 Å². The van der Waals surface area contributed by atoms with E-state index in [2.05, 4.69) is 24.5 Å². The van der Waals surface area contributed by atoms with Gasteiger partial charge in [0.05, 0.1) is 0 Å². The third-order valence-electron chi connectivity index (χ3n) is 1.41. The van der Waals surface area contributed by atoms with Crippen LogP contribution in [-0.4, -0.2) is 20.1 Å². The molecule has 0 aliphatic carbocycles. The van der Waals surface area contributed by atoms with Crippen molar-refractivity contribution in [3.63, 3.8) is 0 Å². The fourth-order valence-corrected chi connectivity index (χ4v) is 0.625. The highest BCUT2D eigenvalue weighted by Crippen LogP contribution is 1.95. The number of rotatable bonds is 3. The van der Waals surface area contributed by atoms with Gasteiger partial charge >= 0.3 is 6.03 Å². The number of nitrogens with one attached hydrogen (secondary N) is 2. The minimum Gasteiger partial charge on any atom is -0.341 e. The molecular formula is C9H26N2O. The second-order valence-electron chi connectivity index (χ2n) is 2.54. The Hall–Kier alpha value is -0.730. The van der Waals surface area contributed by atoms with Crippen LogP contribution in [0.3, 0.4) is 0 Å². The Morgan fingerprint density at radius 3 is 1.50 bits per heavy atom. The van der Waals surface area contributed by atoms with Gasteiger partial charge in [-0.3, -0.25) is 0 Å². The Kier molecular flexibility index (Phi) is 14.9. The zero-order valence-electron chi connectivity index (χ0n) is 8.74. The number of amides is 2. The maximum Gasteiger partial charge on any atom is 0.314 e. The summed E-state index contributed by atoms with van der Waals surface area (Å²) in [6.45, 7) is 4.46. The molecule has 0 radical (unpaired) electrons. The van der Waals surface area contributed by atoms with Gasteiger partial charge in [0.1, 0.15) is 0 Å². The number of urea groups is 1. The number of hydrogen-bond donors (Lipinski definition) is 2. The molecule has 3 nitrogen and oxygen atoms in total. The Morgan fingerprint density at radius 1 is 1.08 bits per heavy atom. The van der Waals surface area contributed by atoms with Crippen molar-refractivity contribution in [3.8, 4) is 0 Å². The van der Waals surface area contributed by atoms with Crippen molar-refractivity contribution in [3.05, 3.63) is 0 Å². The molecule has 0 bridgehead atoms.